The number of hydrogen-bond donors (Lipinski definition) is 1. The van der Waals surface area contributed by atoms with Crippen molar-refractivity contribution in [1.29, 1.82) is 0 Å². The summed E-state index contributed by atoms with van der Waals surface area (Å²) in [5, 5.41) is 15.5. The molecule has 0 unspecified atom stereocenters. The highest BCUT2D eigenvalue weighted by Gasteiger charge is 2.11. The molecule has 3 aromatic rings. The van der Waals surface area contributed by atoms with E-state index in [1.807, 2.05) is 0 Å². The van der Waals surface area contributed by atoms with Crippen LogP contribution < -0.4 is 5.32 Å². The van der Waals surface area contributed by atoms with Gasteiger partial charge in [-0.3, -0.25) is 0 Å². The Morgan fingerprint density at radius 1 is 1.29 bits per heavy atom. The zero-order chi connectivity index (χ0) is 14.7. The Hall–Kier alpha value is -2.00. The smallest absolute Gasteiger partial charge is 0.237 e. The molecule has 0 aliphatic carbocycles. The summed E-state index contributed by atoms with van der Waals surface area (Å²) < 4.78 is 18.9. The fourth-order valence-electron chi connectivity index (χ4n) is 1.52. The van der Waals surface area contributed by atoms with Gasteiger partial charge in [-0.1, -0.05) is 28.3 Å². The van der Waals surface area contributed by atoms with E-state index < -0.39 is 0 Å². The normalized spacial score (nSPS) is 10.8. The average Bonchev–Trinajstić information content (AvgIpc) is 3.15. The van der Waals surface area contributed by atoms with Crippen LogP contribution in [0.3, 0.4) is 0 Å². The van der Waals surface area contributed by atoms with Crippen molar-refractivity contribution in [2.75, 3.05) is 12.4 Å². The zero-order valence-corrected chi connectivity index (χ0v) is 12.5. The first-order chi connectivity index (χ1) is 10.2. The van der Waals surface area contributed by atoms with Crippen LogP contribution >= 0.6 is 23.1 Å². The minimum absolute atomic E-state index is 0.297. The van der Waals surface area contributed by atoms with Crippen LogP contribution in [0.5, 0.6) is 0 Å². The summed E-state index contributed by atoms with van der Waals surface area (Å²) >= 11 is 2.92. The number of nitrogens with one attached hydrogen (secondary N) is 1. The Labute approximate surface area is 127 Å². The summed E-state index contributed by atoms with van der Waals surface area (Å²) in [6.45, 7) is 0. The molecule has 0 saturated heterocycles. The zero-order valence-electron chi connectivity index (χ0n) is 10.9. The summed E-state index contributed by atoms with van der Waals surface area (Å²) in [7, 11) is 1.79. The number of thioether (sulfide) groups is 1. The molecule has 0 amide bonds. The highest BCUT2D eigenvalue weighted by atomic mass is 32.2. The monoisotopic (exact) mass is 323 g/mol. The first-order valence-corrected chi connectivity index (χ1v) is 7.77. The molecule has 1 N–H and O–H groups in total. The minimum atomic E-state index is -0.297. The second-order valence-electron chi connectivity index (χ2n) is 3.93. The molecule has 0 aliphatic rings. The molecule has 6 nitrogen and oxygen atoms in total. The molecule has 0 saturated carbocycles. The number of rotatable bonds is 5. The Bertz CT molecular complexity index is 727. The van der Waals surface area contributed by atoms with Crippen molar-refractivity contribution in [2.24, 2.45) is 0 Å². The van der Waals surface area contributed by atoms with Gasteiger partial charge in [0.25, 0.3) is 0 Å². The SMILES string of the molecule is CNc1nnc(SCc2nc(-c3ccc(F)cc3)no2)s1. The predicted octanol–water partition coefficient (Wildman–Crippen LogP) is 3.06. The number of hydrogen-bond acceptors (Lipinski definition) is 8. The number of benzene rings is 1. The fraction of sp³-hybridized carbons (Fsp3) is 0.167. The molecule has 2 aromatic heterocycles. The maximum atomic E-state index is 12.9. The van der Waals surface area contributed by atoms with Crippen molar-refractivity contribution in [2.45, 2.75) is 10.1 Å². The van der Waals surface area contributed by atoms with E-state index in [-0.39, 0.29) is 5.82 Å². The van der Waals surface area contributed by atoms with Gasteiger partial charge in [0.05, 0.1) is 5.75 Å². The topological polar surface area (TPSA) is 76.7 Å². The Balaban J connectivity index is 1.66. The molecule has 0 aliphatic heterocycles. The van der Waals surface area contributed by atoms with E-state index in [1.165, 1.54) is 35.2 Å². The van der Waals surface area contributed by atoms with E-state index in [1.54, 1.807) is 19.2 Å². The first kappa shape index (κ1) is 14.0. The summed E-state index contributed by atoms with van der Waals surface area (Å²) in [6, 6.07) is 5.95. The molecule has 9 heteroatoms. The van der Waals surface area contributed by atoms with Crippen molar-refractivity contribution >= 4 is 28.2 Å². The van der Waals surface area contributed by atoms with E-state index >= 15 is 0 Å². The molecule has 0 spiro atoms. The molecule has 3 rings (SSSR count). The van der Waals surface area contributed by atoms with Gasteiger partial charge in [-0.25, -0.2) is 4.39 Å². The minimum Gasteiger partial charge on any atom is -0.363 e. The lowest BCUT2D eigenvalue weighted by atomic mass is 10.2. The van der Waals surface area contributed by atoms with E-state index in [4.69, 9.17) is 4.52 Å². The highest BCUT2D eigenvalue weighted by Crippen LogP contribution is 2.28. The van der Waals surface area contributed by atoms with Gasteiger partial charge in [0.1, 0.15) is 5.82 Å². The second kappa shape index (κ2) is 6.19. The lowest BCUT2D eigenvalue weighted by Crippen LogP contribution is -1.84. The summed E-state index contributed by atoms with van der Waals surface area (Å²) in [4.78, 5) is 4.27. The molecule has 0 atom stereocenters. The van der Waals surface area contributed by atoms with Crippen LogP contribution in [-0.4, -0.2) is 27.4 Å². The summed E-state index contributed by atoms with van der Waals surface area (Å²) in [6.07, 6.45) is 0. The largest absolute Gasteiger partial charge is 0.363 e. The van der Waals surface area contributed by atoms with Crippen LogP contribution in [0.15, 0.2) is 33.1 Å². The molecule has 21 heavy (non-hydrogen) atoms. The van der Waals surface area contributed by atoms with Crippen LogP contribution in [0.2, 0.25) is 0 Å². The van der Waals surface area contributed by atoms with Crippen molar-refractivity contribution in [1.82, 2.24) is 20.3 Å². The Morgan fingerprint density at radius 3 is 2.81 bits per heavy atom. The molecule has 0 fully saturated rings. The Kier molecular flexibility index (Phi) is 4.11. The van der Waals surface area contributed by atoms with Crippen LogP contribution in [0, 0.1) is 5.82 Å². The third-order valence-electron chi connectivity index (χ3n) is 2.51. The van der Waals surface area contributed by atoms with Gasteiger partial charge in [-0.15, -0.1) is 10.2 Å². The lowest BCUT2D eigenvalue weighted by molar-refractivity contribution is 0.391. The molecule has 2 heterocycles. The van der Waals surface area contributed by atoms with Gasteiger partial charge in [-0.2, -0.15) is 4.98 Å². The maximum Gasteiger partial charge on any atom is 0.237 e. The number of anilines is 1. The van der Waals surface area contributed by atoms with E-state index in [2.05, 4.69) is 25.7 Å². The standard InChI is InChI=1S/C12H10FN5OS2/c1-14-11-16-17-12(21-11)20-6-9-15-10(18-19-9)7-2-4-8(13)5-3-7/h2-5H,6H2,1H3,(H,14,16). The quantitative estimate of drug-likeness (QED) is 0.723. The maximum absolute atomic E-state index is 12.9. The van der Waals surface area contributed by atoms with Crippen molar-refractivity contribution in [3.8, 4) is 11.4 Å². The van der Waals surface area contributed by atoms with Gasteiger partial charge in [-0.05, 0) is 24.3 Å². The average molecular weight is 323 g/mol. The van der Waals surface area contributed by atoms with Crippen LogP contribution in [0.4, 0.5) is 9.52 Å². The Morgan fingerprint density at radius 2 is 2.10 bits per heavy atom. The van der Waals surface area contributed by atoms with Crippen LogP contribution in [0.25, 0.3) is 11.4 Å². The van der Waals surface area contributed by atoms with Crippen LogP contribution in [0.1, 0.15) is 5.89 Å². The molecule has 0 bridgehead atoms. The third-order valence-corrected chi connectivity index (χ3v) is 4.57. The highest BCUT2D eigenvalue weighted by molar-refractivity contribution is 8.00. The van der Waals surface area contributed by atoms with Gasteiger partial charge >= 0.3 is 0 Å². The van der Waals surface area contributed by atoms with Crippen LogP contribution in [-0.2, 0) is 5.75 Å². The van der Waals surface area contributed by atoms with E-state index in [0.717, 1.165) is 9.47 Å². The van der Waals surface area contributed by atoms with Crippen molar-refractivity contribution in [3.63, 3.8) is 0 Å². The summed E-state index contributed by atoms with van der Waals surface area (Å²) in [5.41, 5.74) is 0.713. The van der Waals surface area contributed by atoms with Gasteiger partial charge in [0.2, 0.25) is 16.8 Å². The summed E-state index contributed by atoms with van der Waals surface area (Å²) in [5.74, 6) is 1.14. The fourth-order valence-corrected chi connectivity index (χ4v) is 3.07. The van der Waals surface area contributed by atoms with Gasteiger partial charge < -0.3 is 9.84 Å². The molecule has 108 valence electrons. The van der Waals surface area contributed by atoms with Gasteiger partial charge in [0, 0.05) is 12.6 Å². The molecule has 1 aromatic carbocycles. The van der Waals surface area contributed by atoms with E-state index in [9.17, 15) is 4.39 Å². The van der Waals surface area contributed by atoms with Crippen molar-refractivity contribution < 1.29 is 8.91 Å². The van der Waals surface area contributed by atoms with Gasteiger partial charge in [0.15, 0.2) is 4.34 Å². The predicted molar refractivity (Wildman–Crippen MR) is 78.7 cm³/mol. The second-order valence-corrected chi connectivity index (χ2v) is 6.13. The van der Waals surface area contributed by atoms with Crippen molar-refractivity contribution in [3.05, 3.63) is 36.0 Å². The molecular weight excluding hydrogens is 313 g/mol. The third kappa shape index (κ3) is 3.37. The first-order valence-electron chi connectivity index (χ1n) is 5.97. The van der Waals surface area contributed by atoms with E-state index in [0.29, 0.717) is 23.0 Å². The molecular formula is C12H10FN5OS2. The molecule has 0 radical (unpaired) electrons. The number of nitrogens with zero attached hydrogens (tertiary/aromatic N) is 4. The number of aromatic nitrogens is 4. The number of halogens is 1. The lowest BCUT2D eigenvalue weighted by Gasteiger charge is -1.92.